The van der Waals surface area contributed by atoms with E-state index in [1.54, 1.807) is 31.2 Å². The summed E-state index contributed by atoms with van der Waals surface area (Å²) in [6, 6.07) is 11.3. The summed E-state index contributed by atoms with van der Waals surface area (Å²) in [5, 5.41) is 4.72. The van der Waals surface area contributed by atoms with Crippen molar-refractivity contribution in [2.24, 2.45) is 5.73 Å². The van der Waals surface area contributed by atoms with Crippen LogP contribution in [0.25, 0.3) is 0 Å². The maximum Gasteiger partial charge on any atom is 0.329 e. The van der Waals surface area contributed by atoms with E-state index in [1.165, 1.54) is 18.2 Å². The second kappa shape index (κ2) is 9.33. The lowest BCUT2D eigenvalue weighted by molar-refractivity contribution is -0.149. The summed E-state index contributed by atoms with van der Waals surface area (Å²) in [7, 11) is 0. The molecular formula is C19H20FN3O4. The number of nitrogens with one attached hydrogen (secondary N) is 2. The topological polar surface area (TPSA) is 111 Å². The molecule has 2 aromatic carbocycles. The highest BCUT2D eigenvalue weighted by molar-refractivity contribution is 5.93. The molecule has 2 rings (SSSR count). The smallest absolute Gasteiger partial charge is 0.329 e. The molecule has 0 aliphatic carbocycles. The molecule has 8 heteroatoms. The number of rotatable bonds is 7. The maximum atomic E-state index is 13.5. The lowest BCUT2D eigenvalue weighted by Gasteiger charge is -2.16. The van der Waals surface area contributed by atoms with Gasteiger partial charge in [-0.2, -0.15) is 0 Å². The lowest BCUT2D eigenvalue weighted by atomic mass is 10.1. The predicted octanol–water partition coefficient (Wildman–Crippen LogP) is 1.90. The van der Waals surface area contributed by atoms with E-state index < -0.39 is 36.4 Å². The van der Waals surface area contributed by atoms with Crippen LogP contribution in [0.15, 0.2) is 48.5 Å². The molecule has 0 radical (unpaired) electrons. The Morgan fingerprint density at radius 1 is 1.15 bits per heavy atom. The number of amides is 3. The highest BCUT2D eigenvalue weighted by Gasteiger charge is 2.22. The zero-order chi connectivity index (χ0) is 19.8. The number of nitrogens with two attached hydrogens (primary N) is 1. The first-order valence-corrected chi connectivity index (χ1v) is 8.17. The highest BCUT2D eigenvalue weighted by Crippen LogP contribution is 2.13. The number of hydrogen-bond donors (Lipinski definition) is 3. The van der Waals surface area contributed by atoms with Crippen molar-refractivity contribution in [1.82, 2.24) is 5.32 Å². The molecule has 4 N–H and O–H groups in total. The zero-order valence-corrected chi connectivity index (χ0v) is 14.7. The SMILES string of the molecule is Cc1ccc(NC(=O)COC(=O)[C@H](Cc2ccccc2)NC(N)=O)cc1F. The van der Waals surface area contributed by atoms with Crippen LogP contribution >= 0.6 is 0 Å². The summed E-state index contributed by atoms with van der Waals surface area (Å²) in [6.07, 6.45) is 0.160. The molecule has 0 saturated heterocycles. The first-order chi connectivity index (χ1) is 12.8. The van der Waals surface area contributed by atoms with Crippen LogP contribution < -0.4 is 16.4 Å². The average Bonchev–Trinajstić information content (AvgIpc) is 2.63. The summed E-state index contributed by atoms with van der Waals surface area (Å²) in [4.78, 5) is 35.2. The number of urea groups is 1. The summed E-state index contributed by atoms with van der Waals surface area (Å²) in [5.41, 5.74) is 6.57. The highest BCUT2D eigenvalue weighted by atomic mass is 19.1. The van der Waals surface area contributed by atoms with Gasteiger partial charge in [0.1, 0.15) is 11.9 Å². The molecule has 0 aromatic heterocycles. The Bertz CT molecular complexity index is 827. The van der Waals surface area contributed by atoms with Crippen LogP contribution in [0, 0.1) is 12.7 Å². The molecule has 3 amide bonds. The van der Waals surface area contributed by atoms with Crippen molar-refractivity contribution in [1.29, 1.82) is 0 Å². The second-order valence-corrected chi connectivity index (χ2v) is 5.87. The standard InChI is InChI=1S/C19H20FN3O4/c1-12-7-8-14(10-15(12)20)22-17(24)11-27-18(25)16(23-19(21)26)9-13-5-3-2-4-6-13/h2-8,10,16H,9,11H2,1H3,(H,22,24)(H3,21,23,26)/t16-/m0/s1. The normalized spacial score (nSPS) is 11.3. The van der Waals surface area contributed by atoms with E-state index >= 15 is 0 Å². The Balaban J connectivity index is 1.92. The van der Waals surface area contributed by atoms with Gasteiger partial charge in [0.2, 0.25) is 0 Å². The van der Waals surface area contributed by atoms with Crippen LogP contribution in [0.2, 0.25) is 0 Å². The number of primary amides is 1. The molecule has 0 heterocycles. The van der Waals surface area contributed by atoms with E-state index in [1.807, 2.05) is 6.07 Å². The number of hydrogen-bond acceptors (Lipinski definition) is 4. The van der Waals surface area contributed by atoms with Crippen molar-refractivity contribution in [3.8, 4) is 0 Å². The molecule has 0 fully saturated rings. The molecule has 0 spiro atoms. The summed E-state index contributed by atoms with van der Waals surface area (Å²) in [6.45, 7) is 1.02. The summed E-state index contributed by atoms with van der Waals surface area (Å²) >= 11 is 0. The van der Waals surface area contributed by atoms with E-state index in [9.17, 15) is 18.8 Å². The minimum atomic E-state index is -1.03. The number of halogens is 1. The number of carbonyl (C=O) groups is 3. The molecule has 0 aliphatic heterocycles. The Hall–Kier alpha value is -3.42. The van der Waals surface area contributed by atoms with Gasteiger partial charge in [0.05, 0.1) is 0 Å². The molecule has 0 bridgehead atoms. The van der Waals surface area contributed by atoms with Gasteiger partial charge >= 0.3 is 12.0 Å². The third-order valence-corrected chi connectivity index (χ3v) is 3.68. The number of benzene rings is 2. The molecule has 142 valence electrons. The molecule has 2 aromatic rings. The van der Waals surface area contributed by atoms with Crippen molar-refractivity contribution in [3.05, 3.63) is 65.5 Å². The van der Waals surface area contributed by atoms with Crippen LogP contribution in [-0.2, 0) is 20.7 Å². The van der Waals surface area contributed by atoms with Crippen LogP contribution in [0.3, 0.4) is 0 Å². The van der Waals surface area contributed by atoms with Crippen molar-refractivity contribution in [2.45, 2.75) is 19.4 Å². The minimum absolute atomic E-state index is 0.160. The van der Waals surface area contributed by atoms with E-state index in [0.717, 1.165) is 5.56 Å². The van der Waals surface area contributed by atoms with E-state index in [4.69, 9.17) is 10.5 Å². The van der Waals surface area contributed by atoms with Crippen LogP contribution in [0.1, 0.15) is 11.1 Å². The first-order valence-electron chi connectivity index (χ1n) is 8.17. The van der Waals surface area contributed by atoms with Gasteiger partial charge in [-0.15, -0.1) is 0 Å². The molecule has 0 aliphatic rings. The van der Waals surface area contributed by atoms with Gasteiger partial charge in [0.15, 0.2) is 6.61 Å². The Morgan fingerprint density at radius 2 is 1.85 bits per heavy atom. The summed E-state index contributed by atoms with van der Waals surface area (Å²) < 4.78 is 18.4. The molecule has 1 atom stereocenters. The third kappa shape index (κ3) is 6.43. The molecule has 27 heavy (non-hydrogen) atoms. The van der Waals surface area contributed by atoms with Gasteiger partial charge in [0, 0.05) is 12.1 Å². The number of esters is 1. The maximum absolute atomic E-state index is 13.5. The monoisotopic (exact) mass is 373 g/mol. The largest absolute Gasteiger partial charge is 0.454 e. The van der Waals surface area contributed by atoms with Gasteiger partial charge in [0.25, 0.3) is 5.91 Å². The van der Waals surface area contributed by atoms with Crippen LogP contribution in [0.4, 0.5) is 14.9 Å². The summed E-state index contributed by atoms with van der Waals surface area (Å²) in [5.74, 6) is -1.90. The van der Waals surface area contributed by atoms with Gasteiger partial charge in [-0.25, -0.2) is 14.0 Å². The first kappa shape index (κ1) is 19.9. The third-order valence-electron chi connectivity index (χ3n) is 3.68. The molecular weight excluding hydrogens is 353 g/mol. The van der Waals surface area contributed by atoms with Gasteiger partial charge in [-0.3, -0.25) is 4.79 Å². The number of anilines is 1. The van der Waals surface area contributed by atoms with Crippen molar-refractivity contribution >= 4 is 23.6 Å². The molecule has 0 unspecified atom stereocenters. The van der Waals surface area contributed by atoms with Crippen LogP contribution in [0.5, 0.6) is 0 Å². The second-order valence-electron chi connectivity index (χ2n) is 5.87. The van der Waals surface area contributed by atoms with Crippen molar-refractivity contribution < 1.29 is 23.5 Å². The van der Waals surface area contributed by atoms with E-state index in [0.29, 0.717) is 5.56 Å². The molecule has 7 nitrogen and oxygen atoms in total. The number of aryl methyl sites for hydroxylation is 1. The fourth-order valence-corrected chi connectivity index (χ4v) is 2.32. The van der Waals surface area contributed by atoms with Crippen LogP contribution in [-0.4, -0.2) is 30.6 Å². The Labute approximate surface area is 155 Å². The van der Waals surface area contributed by atoms with Gasteiger partial charge in [-0.1, -0.05) is 36.4 Å². The fourth-order valence-electron chi connectivity index (χ4n) is 2.32. The van der Waals surface area contributed by atoms with Gasteiger partial charge in [-0.05, 0) is 30.2 Å². The van der Waals surface area contributed by atoms with E-state index in [-0.39, 0.29) is 12.1 Å². The van der Waals surface area contributed by atoms with Crippen molar-refractivity contribution in [2.75, 3.05) is 11.9 Å². The number of carbonyl (C=O) groups excluding carboxylic acids is 3. The quantitative estimate of drug-likeness (QED) is 0.644. The Kier molecular flexibility index (Phi) is 6.87. The predicted molar refractivity (Wildman–Crippen MR) is 97.4 cm³/mol. The van der Waals surface area contributed by atoms with E-state index in [2.05, 4.69) is 10.6 Å². The lowest BCUT2D eigenvalue weighted by Crippen LogP contribution is -2.46. The minimum Gasteiger partial charge on any atom is -0.454 e. The fraction of sp³-hybridized carbons (Fsp3) is 0.211. The average molecular weight is 373 g/mol. The van der Waals surface area contributed by atoms with Crippen molar-refractivity contribution in [3.63, 3.8) is 0 Å². The van der Waals surface area contributed by atoms with Gasteiger partial charge < -0.3 is 21.1 Å². The zero-order valence-electron chi connectivity index (χ0n) is 14.7. The number of ether oxygens (including phenoxy) is 1. The molecule has 0 saturated carbocycles. The Morgan fingerprint density at radius 3 is 2.48 bits per heavy atom.